The average molecular weight is 603 g/mol. The van der Waals surface area contributed by atoms with E-state index in [0.717, 1.165) is 11.4 Å². The number of ether oxygens (including phenoxy) is 1. The second-order valence-electron chi connectivity index (χ2n) is 10.3. The molecular formula is C26H31FN8O6S. The van der Waals surface area contributed by atoms with Gasteiger partial charge in [0.15, 0.2) is 0 Å². The maximum Gasteiger partial charge on any atom is 0.424 e. The number of hydrogen-bond donors (Lipinski definition) is 2. The highest BCUT2D eigenvalue weighted by molar-refractivity contribution is 7.87. The van der Waals surface area contributed by atoms with Gasteiger partial charge in [-0.25, -0.2) is 14.2 Å². The summed E-state index contributed by atoms with van der Waals surface area (Å²) in [6, 6.07) is 5.65. The molecule has 2 N–H and O–H groups in total. The van der Waals surface area contributed by atoms with Gasteiger partial charge in [-0.05, 0) is 55.7 Å². The third-order valence-corrected chi connectivity index (χ3v) is 9.61. The molecular weight excluding hydrogens is 571 g/mol. The van der Waals surface area contributed by atoms with Crippen molar-refractivity contribution in [3.05, 3.63) is 58.9 Å². The monoisotopic (exact) mass is 602 g/mol. The molecule has 1 saturated heterocycles. The van der Waals surface area contributed by atoms with Crippen LogP contribution in [-0.2, 0) is 21.5 Å². The van der Waals surface area contributed by atoms with Crippen LogP contribution in [0.5, 0.6) is 0 Å². The fourth-order valence-corrected chi connectivity index (χ4v) is 7.08. The highest BCUT2D eigenvalue weighted by Gasteiger charge is 2.44. The van der Waals surface area contributed by atoms with E-state index in [2.05, 4.69) is 30.4 Å². The maximum atomic E-state index is 13.5. The van der Waals surface area contributed by atoms with E-state index >= 15 is 0 Å². The molecule has 224 valence electrons. The van der Waals surface area contributed by atoms with E-state index in [9.17, 15) is 27.2 Å². The van der Waals surface area contributed by atoms with Crippen LogP contribution in [0.15, 0.2) is 30.6 Å². The van der Waals surface area contributed by atoms with Crippen LogP contribution >= 0.6 is 0 Å². The number of halogens is 1. The van der Waals surface area contributed by atoms with Crippen LogP contribution < -0.4 is 10.6 Å². The van der Waals surface area contributed by atoms with Crippen molar-refractivity contribution in [3.8, 4) is 0 Å². The predicted octanol–water partition coefficient (Wildman–Crippen LogP) is 1.42. The first kappa shape index (κ1) is 29.3. The van der Waals surface area contributed by atoms with Gasteiger partial charge in [0.1, 0.15) is 23.5 Å². The molecule has 1 saturated carbocycles. The summed E-state index contributed by atoms with van der Waals surface area (Å²) in [6.07, 6.45) is 2.89. The lowest BCUT2D eigenvalue weighted by molar-refractivity contribution is 0.0932. The quantitative estimate of drug-likeness (QED) is 0.406. The zero-order chi connectivity index (χ0) is 30.0. The van der Waals surface area contributed by atoms with Crippen LogP contribution in [0.2, 0.25) is 0 Å². The molecule has 3 aromatic rings. The number of amides is 3. The fourth-order valence-electron chi connectivity index (χ4n) is 5.35. The number of nitrogens with zero attached hydrogens (tertiary/aromatic N) is 6. The predicted molar refractivity (Wildman–Crippen MR) is 146 cm³/mol. The Hall–Kier alpha value is -4.18. The molecule has 42 heavy (non-hydrogen) atoms. The Balaban J connectivity index is 1.18. The Morgan fingerprint density at radius 3 is 2.55 bits per heavy atom. The van der Waals surface area contributed by atoms with E-state index in [4.69, 9.17) is 0 Å². The van der Waals surface area contributed by atoms with E-state index in [1.807, 2.05) is 0 Å². The van der Waals surface area contributed by atoms with Gasteiger partial charge in [-0.1, -0.05) is 12.1 Å². The number of rotatable bonds is 7. The van der Waals surface area contributed by atoms with Crippen molar-refractivity contribution >= 4 is 33.9 Å². The Labute approximate surface area is 241 Å². The third-order valence-electron chi connectivity index (χ3n) is 7.64. The molecule has 0 atom stereocenters. The molecule has 16 heteroatoms. The van der Waals surface area contributed by atoms with E-state index in [1.165, 1.54) is 27.3 Å². The summed E-state index contributed by atoms with van der Waals surface area (Å²) in [7, 11) is -2.77. The number of fused-ring (bicyclic) bond motifs is 1. The molecule has 5 rings (SSSR count). The van der Waals surface area contributed by atoms with Crippen molar-refractivity contribution in [1.29, 1.82) is 0 Å². The highest BCUT2D eigenvalue weighted by Crippen LogP contribution is 2.32. The van der Waals surface area contributed by atoms with Crippen molar-refractivity contribution in [3.63, 3.8) is 0 Å². The van der Waals surface area contributed by atoms with Crippen LogP contribution in [0, 0.1) is 18.7 Å². The minimum atomic E-state index is -3.92. The molecule has 0 bridgehead atoms. The second-order valence-corrected chi connectivity index (χ2v) is 12.1. The molecule has 3 amide bonds. The topological polar surface area (TPSA) is 168 Å². The van der Waals surface area contributed by atoms with Crippen molar-refractivity contribution < 1.29 is 31.9 Å². The number of nitrogens with one attached hydrogen (secondary N) is 2. The summed E-state index contributed by atoms with van der Waals surface area (Å²) >= 11 is 0. The third kappa shape index (κ3) is 5.90. The van der Waals surface area contributed by atoms with Crippen molar-refractivity contribution in [1.82, 2.24) is 38.8 Å². The summed E-state index contributed by atoms with van der Waals surface area (Å²) in [5.41, 5.74) is 1.23. The van der Waals surface area contributed by atoms with E-state index in [0.29, 0.717) is 43.4 Å². The Kier molecular flexibility index (Phi) is 8.36. The number of methoxy groups -OCH3 is 1. The molecule has 2 aromatic heterocycles. The second kappa shape index (κ2) is 12.0. The van der Waals surface area contributed by atoms with Crippen LogP contribution in [-0.4, -0.2) is 87.3 Å². The van der Waals surface area contributed by atoms with Crippen molar-refractivity contribution in [2.24, 2.45) is 5.92 Å². The standard InChI is InChI=1S/C26H31FN8O6S/c1-16-11-18(5-8-20(16)27)14-28-23(36)21-12-22(35-25(32-21)30-15-31-35)24(37)29-13-17-3-6-19(7-4-17)33-9-10-34(26(38)41-2)42(33,39)40/h5,8,11-12,15,17,19H,3-4,6-7,9-10,13-14H2,1-2H3,(H,28,36)(H,29,37). The normalized spacial score (nSPS) is 20.4. The first-order valence-electron chi connectivity index (χ1n) is 13.5. The molecule has 1 aromatic carbocycles. The number of aromatic nitrogens is 4. The zero-order valence-corrected chi connectivity index (χ0v) is 23.9. The molecule has 1 aliphatic carbocycles. The van der Waals surface area contributed by atoms with Crippen molar-refractivity contribution in [2.45, 2.75) is 45.2 Å². The van der Waals surface area contributed by atoms with Crippen LogP contribution in [0.3, 0.4) is 0 Å². The minimum absolute atomic E-state index is 0.0205. The van der Waals surface area contributed by atoms with Gasteiger partial charge in [-0.3, -0.25) is 9.59 Å². The van der Waals surface area contributed by atoms with Gasteiger partial charge < -0.3 is 15.4 Å². The number of aryl methyl sites for hydroxylation is 1. The summed E-state index contributed by atoms with van der Waals surface area (Å²) in [5.74, 6) is -1.13. The molecule has 2 fully saturated rings. The number of carbonyl (C=O) groups excluding carboxylic acids is 3. The molecule has 2 aliphatic rings. The first-order chi connectivity index (χ1) is 20.1. The summed E-state index contributed by atoms with van der Waals surface area (Å²) in [4.78, 5) is 46.1. The van der Waals surface area contributed by atoms with Crippen LogP contribution in [0.1, 0.15) is 57.8 Å². The van der Waals surface area contributed by atoms with Gasteiger partial charge in [-0.2, -0.15) is 31.6 Å². The Bertz CT molecular complexity index is 1620. The van der Waals surface area contributed by atoms with Gasteiger partial charge >= 0.3 is 16.3 Å². The van der Waals surface area contributed by atoms with Gasteiger partial charge in [0, 0.05) is 31.7 Å². The van der Waals surface area contributed by atoms with E-state index in [1.54, 1.807) is 19.1 Å². The smallest absolute Gasteiger partial charge is 0.424 e. The Morgan fingerprint density at radius 2 is 1.83 bits per heavy atom. The lowest BCUT2D eigenvalue weighted by atomic mass is 9.86. The largest absolute Gasteiger partial charge is 0.452 e. The highest BCUT2D eigenvalue weighted by atomic mass is 32.2. The molecule has 3 heterocycles. The molecule has 0 unspecified atom stereocenters. The SMILES string of the molecule is COC(=O)N1CCN(C2CCC(CNC(=O)c3cc(C(=O)NCc4ccc(F)c(C)c4)nc4ncnn34)CC2)S1(=O)=O. The lowest BCUT2D eigenvalue weighted by Gasteiger charge is -2.33. The van der Waals surface area contributed by atoms with Crippen LogP contribution in [0.25, 0.3) is 5.78 Å². The van der Waals surface area contributed by atoms with Crippen molar-refractivity contribution in [2.75, 3.05) is 26.7 Å². The van der Waals surface area contributed by atoms with Gasteiger partial charge in [0.05, 0.1) is 13.7 Å². The number of hydrogen-bond acceptors (Lipinski definition) is 9. The van der Waals surface area contributed by atoms with Gasteiger partial charge in [0.2, 0.25) is 0 Å². The summed E-state index contributed by atoms with van der Waals surface area (Å²) in [5, 5.41) is 9.67. The van der Waals surface area contributed by atoms with Gasteiger partial charge in [-0.15, -0.1) is 0 Å². The zero-order valence-electron chi connectivity index (χ0n) is 23.1. The molecule has 0 spiro atoms. The molecule has 1 aliphatic heterocycles. The van der Waals surface area contributed by atoms with E-state index < -0.39 is 28.1 Å². The fraction of sp³-hybridized carbons (Fsp3) is 0.462. The van der Waals surface area contributed by atoms with E-state index in [-0.39, 0.29) is 54.6 Å². The average Bonchev–Trinajstić information content (AvgIpc) is 3.59. The summed E-state index contributed by atoms with van der Waals surface area (Å²) < 4.78 is 47.1. The first-order valence-corrected chi connectivity index (χ1v) is 14.9. The maximum absolute atomic E-state index is 13.5. The minimum Gasteiger partial charge on any atom is -0.452 e. The lowest BCUT2D eigenvalue weighted by Crippen LogP contribution is -2.44. The molecule has 0 radical (unpaired) electrons. The Morgan fingerprint density at radius 1 is 1.07 bits per heavy atom. The number of benzene rings is 1. The number of carbonyl (C=O) groups is 3. The van der Waals surface area contributed by atoms with Crippen LogP contribution in [0.4, 0.5) is 9.18 Å². The molecule has 14 nitrogen and oxygen atoms in total. The summed E-state index contributed by atoms with van der Waals surface area (Å²) in [6.45, 7) is 2.40. The van der Waals surface area contributed by atoms with Gasteiger partial charge in [0.25, 0.3) is 17.6 Å².